The SMILES string of the molecule is CC(Sc1ccccc1C(=O)NCC1CC2CCC1C2)C(=O)O. The summed E-state index contributed by atoms with van der Waals surface area (Å²) in [4.78, 5) is 24.3. The van der Waals surface area contributed by atoms with Gasteiger partial charge in [-0.2, -0.15) is 0 Å². The van der Waals surface area contributed by atoms with Crippen LogP contribution in [0, 0.1) is 17.8 Å². The fraction of sp³-hybridized carbons (Fsp3) is 0.556. The van der Waals surface area contributed by atoms with Crippen LogP contribution in [0.2, 0.25) is 0 Å². The van der Waals surface area contributed by atoms with Gasteiger partial charge in [-0.05, 0) is 56.1 Å². The number of aliphatic carboxylic acids is 1. The van der Waals surface area contributed by atoms with Crippen LogP contribution in [0.3, 0.4) is 0 Å². The molecule has 23 heavy (non-hydrogen) atoms. The Kier molecular flexibility index (Phi) is 4.95. The molecule has 0 aliphatic heterocycles. The van der Waals surface area contributed by atoms with Gasteiger partial charge in [0.15, 0.2) is 0 Å². The highest BCUT2D eigenvalue weighted by molar-refractivity contribution is 8.00. The molecule has 4 atom stereocenters. The van der Waals surface area contributed by atoms with E-state index in [2.05, 4.69) is 5.32 Å². The molecule has 0 aromatic heterocycles. The summed E-state index contributed by atoms with van der Waals surface area (Å²) in [5.41, 5.74) is 0.578. The van der Waals surface area contributed by atoms with Gasteiger partial charge in [0.25, 0.3) is 5.91 Å². The van der Waals surface area contributed by atoms with Gasteiger partial charge >= 0.3 is 5.97 Å². The minimum Gasteiger partial charge on any atom is -0.480 e. The van der Waals surface area contributed by atoms with E-state index in [1.54, 1.807) is 13.0 Å². The molecule has 2 saturated carbocycles. The number of nitrogens with one attached hydrogen (secondary N) is 1. The van der Waals surface area contributed by atoms with Crippen molar-refractivity contribution < 1.29 is 14.7 Å². The van der Waals surface area contributed by atoms with E-state index in [1.807, 2.05) is 18.2 Å². The highest BCUT2D eigenvalue weighted by atomic mass is 32.2. The third kappa shape index (κ3) is 3.71. The average molecular weight is 333 g/mol. The molecule has 3 rings (SSSR count). The van der Waals surface area contributed by atoms with Crippen LogP contribution < -0.4 is 5.32 Å². The van der Waals surface area contributed by atoms with E-state index in [0.29, 0.717) is 11.5 Å². The van der Waals surface area contributed by atoms with Gasteiger partial charge in [-0.1, -0.05) is 18.6 Å². The zero-order valence-corrected chi connectivity index (χ0v) is 14.1. The summed E-state index contributed by atoms with van der Waals surface area (Å²) < 4.78 is 0. The standard InChI is InChI=1S/C18H23NO3S/c1-11(18(21)22)23-16-5-3-2-4-15(16)17(20)19-10-14-9-12-6-7-13(14)8-12/h2-5,11-14H,6-10H2,1H3,(H,19,20)(H,21,22). The Morgan fingerprint density at radius 1 is 1.30 bits per heavy atom. The number of hydrogen-bond acceptors (Lipinski definition) is 3. The molecule has 1 amide bonds. The lowest BCUT2D eigenvalue weighted by Gasteiger charge is -2.22. The number of fused-ring (bicyclic) bond motifs is 2. The monoisotopic (exact) mass is 333 g/mol. The number of amides is 1. The van der Waals surface area contributed by atoms with Gasteiger partial charge in [-0.15, -0.1) is 11.8 Å². The predicted octanol–water partition coefficient (Wildman–Crippen LogP) is 3.42. The van der Waals surface area contributed by atoms with E-state index in [4.69, 9.17) is 5.11 Å². The lowest BCUT2D eigenvalue weighted by molar-refractivity contribution is -0.136. The van der Waals surface area contributed by atoms with Crippen LogP contribution in [0.4, 0.5) is 0 Å². The van der Waals surface area contributed by atoms with Crippen LogP contribution in [-0.2, 0) is 4.79 Å². The molecule has 0 spiro atoms. The highest BCUT2D eigenvalue weighted by Gasteiger charge is 2.39. The van der Waals surface area contributed by atoms with Gasteiger partial charge in [-0.3, -0.25) is 9.59 Å². The fourth-order valence-electron chi connectivity index (χ4n) is 3.94. The van der Waals surface area contributed by atoms with Crippen molar-refractivity contribution in [2.45, 2.75) is 42.8 Å². The number of benzene rings is 1. The molecule has 2 N–H and O–H groups in total. The van der Waals surface area contributed by atoms with E-state index in [9.17, 15) is 9.59 Å². The molecule has 0 radical (unpaired) electrons. The van der Waals surface area contributed by atoms with Crippen molar-refractivity contribution in [1.82, 2.24) is 5.32 Å². The Morgan fingerprint density at radius 2 is 2.09 bits per heavy atom. The molecular formula is C18H23NO3S. The molecule has 1 aromatic rings. The summed E-state index contributed by atoms with van der Waals surface area (Å²) in [6.07, 6.45) is 5.26. The van der Waals surface area contributed by atoms with Gasteiger partial charge in [0.05, 0.1) is 5.56 Å². The fourth-order valence-corrected chi connectivity index (χ4v) is 4.87. The molecule has 0 heterocycles. The van der Waals surface area contributed by atoms with Crippen LogP contribution in [0.1, 0.15) is 43.0 Å². The Bertz CT molecular complexity index is 604. The Labute approximate surface area is 141 Å². The van der Waals surface area contributed by atoms with Crippen molar-refractivity contribution >= 4 is 23.6 Å². The van der Waals surface area contributed by atoms with Crippen LogP contribution in [0.15, 0.2) is 29.2 Å². The number of rotatable bonds is 6. The molecule has 1 aromatic carbocycles. The lowest BCUT2D eigenvalue weighted by atomic mass is 9.89. The van der Waals surface area contributed by atoms with Crippen molar-refractivity contribution in [3.8, 4) is 0 Å². The summed E-state index contributed by atoms with van der Waals surface area (Å²) in [6.45, 7) is 2.38. The first-order chi connectivity index (χ1) is 11.0. The van der Waals surface area contributed by atoms with Gasteiger partial charge in [0.1, 0.15) is 5.25 Å². The van der Waals surface area contributed by atoms with Gasteiger partial charge in [0.2, 0.25) is 0 Å². The molecule has 2 aliphatic rings. The van der Waals surface area contributed by atoms with Crippen LogP contribution >= 0.6 is 11.8 Å². The van der Waals surface area contributed by atoms with Gasteiger partial charge in [0, 0.05) is 11.4 Å². The molecular weight excluding hydrogens is 310 g/mol. The van der Waals surface area contributed by atoms with Gasteiger partial charge < -0.3 is 10.4 Å². The number of carboxylic acids is 1. The number of carboxylic acid groups (broad SMARTS) is 1. The second-order valence-corrected chi connectivity index (χ2v) is 8.12. The molecule has 5 heteroatoms. The summed E-state index contributed by atoms with van der Waals surface area (Å²) in [5.74, 6) is 1.33. The predicted molar refractivity (Wildman–Crippen MR) is 90.7 cm³/mol. The minimum atomic E-state index is -0.868. The molecule has 2 fully saturated rings. The second kappa shape index (κ2) is 6.95. The summed E-state index contributed by atoms with van der Waals surface area (Å²) in [6, 6.07) is 7.25. The minimum absolute atomic E-state index is 0.0894. The van der Waals surface area contributed by atoms with E-state index in [0.717, 1.165) is 23.3 Å². The van der Waals surface area contributed by atoms with Crippen molar-refractivity contribution in [1.29, 1.82) is 0 Å². The van der Waals surface area contributed by atoms with Crippen LogP contribution in [-0.4, -0.2) is 28.8 Å². The third-order valence-electron chi connectivity index (χ3n) is 5.19. The molecule has 124 valence electrons. The first kappa shape index (κ1) is 16.4. The largest absolute Gasteiger partial charge is 0.480 e. The summed E-state index contributed by atoms with van der Waals surface area (Å²) in [7, 11) is 0. The van der Waals surface area contributed by atoms with Crippen LogP contribution in [0.5, 0.6) is 0 Å². The van der Waals surface area contributed by atoms with Crippen molar-refractivity contribution in [2.24, 2.45) is 17.8 Å². The van der Waals surface area contributed by atoms with E-state index in [1.165, 1.54) is 37.4 Å². The number of thioether (sulfide) groups is 1. The molecule has 4 unspecified atom stereocenters. The second-order valence-electron chi connectivity index (χ2n) is 6.74. The summed E-state index contributed by atoms with van der Waals surface area (Å²) in [5, 5.41) is 11.6. The number of carbonyl (C=O) groups is 2. The number of hydrogen-bond donors (Lipinski definition) is 2. The molecule has 0 saturated heterocycles. The quantitative estimate of drug-likeness (QED) is 0.783. The Hall–Kier alpha value is -1.49. The maximum absolute atomic E-state index is 12.5. The number of carbonyl (C=O) groups excluding carboxylic acids is 1. The van der Waals surface area contributed by atoms with Crippen LogP contribution in [0.25, 0.3) is 0 Å². The highest BCUT2D eigenvalue weighted by Crippen LogP contribution is 2.47. The topological polar surface area (TPSA) is 66.4 Å². The zero-order chi connectivity index (χ0) is 16.4. The summed E-state index contributed by atoms with van der Waals surface area (Å²) >= 11 is 1.22. The van der Waals surface area contributed by atoms with Crippen molar-refractivity contribution in [2.75, 3.05) is 6.54 Å². The first-order valence-corrected chi connectivity index (χ1v) is 9.19. The molecule has 2 aliphatic carbocycles. The first-order valence-electron chi connectivity index (χ1n) is 8.31. The normalized spacial score (nSPS) is 26.9. The molecule has 4 nitrogen and oxygen atoms in total. The van der Waals surface area contributed by atoms with Crippen molar-refractivity contribution in [3.05, 3.63) is 29.8 Å². The van der Waals surface area contributed by atoms with E-state index in [-0.39, 0.29) is 5.91 Å². The Morgan fingerprint density at radius 3 is 2.74 bits per heavy atom. The smallest absolute Gasteiger partial charge is 0.316 e. The maximum atomic E-state index is 12.5. The lowest BCUT2D eigenvalue weighted by Crippen LogP contribution is -2.32. The van der Waals surface area contributed by atoms with E-state index >= 15 is 0 Å². The van der Waals surface area contributed by atoms with E-state index < -0.39 is 11.2 Å². The maximum Gasteiger partial charge on any atom is 0.316 e. The average Bonchev–Trinajstić information content (AvgIpc) is 3.15. The third-order valence-corrected chi connectivity index (χ3v) is 6.36. The Balaban J connectivity index is 1.61. The molecule has 2 bridgehead atoms. The van der Waals surface area contributed by atoms with Gasteiger partial charge in [-0.25, -0.2) is 0 Å². The van der Waals surface area contributed by atoms with Crippen molar-refractivity contribution in [3.63, 3.8) is 0 Å². The zero-order valence-electron chi connectivity index (χ0n) is 13.3.